The molecule has 0 radical (unpaired) electrons. The van der Waals surface area contributed by atoms with E-state index in [-0.39, 0.29) is 23.7 Å². The van der Waals surface area contributed by atoms with Gasteiger partial charge in [0.1, 0.15) is 5.69 Å². The van der Waals surface area contributed by atoms with Crippen LogP contribution in [0.3, 0.4) is 0 Å². The molecule has 1 aromatic heterocycles. The summed E-state index contributed by atoms with van der Waals surface area (Å²) in [6.07, 6.45) is 3.60. The van der Waals surface area contributed by atoms with Crippen LogP contribution < -0.4 is 10.6 Å². The molecule has 8 heteroatoms. The molecule has 6 nitrogen and oxygen atoms in total. The zero-order valence-electron chi connectivity index (χ0n) is 12.8. The van der Waals surface area contributed by atoms with Crippen LogP contribution in [0.5, 0.6) is 0 Å². The summed E-state index contributed by atoms with van der Waals surface area (Å²) in [6.45, 7) is 1.24. The number of hydrogen-bond acceptors (Lipinski definition) is 5. The molecule has 1 fully saturated rings. The van der Waals surface area contributed by atoms with Crippen LogP contribution >= 0.6 is 23.2 Å². The van der Waals surface area contributed by atoms with Crippen molar-refractivity contribution < 1.29 is 9.53 Å². The first-order valence-corrected chi connectivity index (χ1v) is 8.32. The third-order valence-corrected chi connectivity index (χ3v) is 3.96. The molecule has 1 aliphatic rings. The van der Waals surface area contributed by atoms with Gasteiger partial charge in [-0.25, -0.2) is 9.97 Å². The van der Waals surface area contributed by atoms with Gasteiger partial charge in [-0.3, -0.25) is 4.79 Å². The Morgan fingerprint density at radius 3 is 2.79 bits per heavy atom. The first kappa shape index (κ1) is 17.0. The number of carbonyl (C=O) groups is 1. The van der Waals surface area contributed by atoms with Gasteiger partial charge in [0.15, 0.2) is 0 Å². The van der Waals surface area contributed by atoms with Gasteiger partial charge in [-0.05, 0) is 37.1 Å². The Labute approximate surface area is 149 Å². The van der Waals surface area contributed by atoms with Gasteiger partial charge in [-0.15, -0.1) is 0 Å². The largest absolute Gasteiger partial charge is 0.376 e. The summed E-state index contributed by atoms with van der Waals surface area (Å²) in [4.78, 5) is 20.5. The minimum atomic E-state index is -0.264. The fraction of sp³-hybridized carbons (Fsp3) is 0.312. The van der Waals surface area contributed by atoms with E-state index < -0.39 is 0 Å². The average molecular weight is 367 g/mol. The number of rotatable bonds is 5. The molecule has 2 aromatic rings. The third kappa shape index (κ3) is 4.56. The zero-order chi connectivity index (χ0) is 16.9. The van der Waals surface area contributed by atoms with Gasteiger partial charge in [-0.2, -0.15) is 0 Å². The summed E-state index contributed by atoms with van der Waals surface area (Å²) < 4.78 is 5.48. The lowest BCUT2D eigenvalue weighted by Gasteiger charge is -2.11. The first-order valence-electron chi connectivity index (χ1n) is 7.56. The van der Waals surface area contributed by atoms with Crippen LogP contribution in [0.4, 0.5) is 11.6 Å². The van der Waals surface area contributed by atoms with Gasteiger partial charge in [0.25, 0.3) is 5.91 Å². The number of hydrogen-bond donors (Lipinski definition) is 2. The molecule has 1 amide bonds. The van der Waals surface area contributed by atoms with Crippen LogP contribution in [0.15, 0.2) is 30.5 Å². The smallest absolute Gasteiger partial charge is 0.270 e. The predicted octanol–water partition coefficient (Wildman–Crippen LogP) is 3.44. The van der Waals surface area contributed by atoms with Crippen molar-refractivity contribution in [2.24, 2.45) is 0 Å². The molecule has 1 aromatic carbocycles. The van der Waals surface area contributed by atoms with E-state index in [4.69, 9.17) is 27.9 Å². The van der Waals surface area contributed by atoms with Crippen LogP contribution in [0.2, 0.25) is 10.0 Å². The van der Waals surface area contributed by atoms with Gasteiger partial charge in [0.2, 0.25) is 5.95 Å². The molecule has 2 N–H and O–H groups in total. The second-order valence-corrected chi connectivity index (χ2v) is 6.27. The number of halogens is 2. The molecule has 3 rings (SSSR count). The second-order valence-electron chi connectivity index (χ2n) is 5.39. The molecule has 0 spiro atoms. The SMILES string of the molecule is O=C(NCC1CCCO1)c1ccnc(Nc2cc(Cl)cc(Cl)c2)n1. The van der Waals surface area contributed by atoms with E-state index in [1.807, 2.05) is 0 Å². The molecule has 1 saturated heterocycles. The summed E-state index contributed by atoms with van der Waals surface area (Å²) in [5, 5.41) is 6.80. The van der Waals surface area contributed by atoms with E-state index in [2.05, 4.69) is 20.6 Å². The average Bonchev–Trinajstić information content (AvgIpc) is 3.05. The highest BCUT2D eigenvalue weighted by molar-refractivity contribution is 6.35. The van der Waals surface area contributed by atoms with Gasteiger partial charge >= 0.3 is 0 Å². The summed E-state index contributed by atoms with van der Waals surface area (Å²) in [5.74, 6) is 0.0261. The van der Waals surface area contributed by atoms with E-state index in [1.165, 1.54) is 6.20 Å². The molecule has 0 bridgehead atoms. The number of ether oxygens (including phenoxy) is 1. The van der Waals surface area contributed by atoms with E-state index in [0.29, 0.717) is 22.3 Å². The molecule has 0 saturated carbocycles. The Kier molecular flexibility index (Phi) is 5.50. The lowest BCUT2D eigenvalue weighted by atomic mass is 10.2. The Morgan fingerprint density at radius 1 is 1.29 bits per heavy atom. The van der Waals surface area contributed by atoms with Crippen molar-refractivity contribution in [3.63, 3.8) is 0 Å². The number of benzene rings is 1. The number of nitrogens with zero attached hydrogens (tertiary/aromatic N) is 2. The number of nitrogens with one attached hydrogen (secondary N) is 2. The molecule has 126 valence electrons. The van der Waals surface area contributed by atoms with Crippen LogP contribution in [-0.4, -0.2) is 35.1 Å². The number of carbonyl (C=O) groups excluding carboxylic acids is 1. The number of anilines is 2. The summed E-state index contributed by atoms with van der Waals surface area (Å²) in [7, 11) is 0. The highest BCUT2D eigenvalue weighted by Gasteiger charge is 2.17. The minimum absolute atomic E-state index is 0.0852. The van der Waals surface area contributed by atoms with E-state index in [0.717, 1.165) is 19.4 Å². The van der Waals surface area contributed by atoms with Crippen molar-refractivity contribution in [1.82, 2.24) is 15.3 Å². The molecule has 1 aliphatic heterocycles. The van der Waals surface area contributed by atoms with Crippen LogP contribution in [0.1, 0.15) is 23.3 Å². The van der Waals surface area contributed by atoms with Crippen LogP contribution in [-0.2, 0) is 4.74 Å². The minimum Gasteiger partial charge on any atom is -0.376 e. The molecule has 24 heavy (non-hydrogen) atoms. The van der Waals surface area contributed by atoms with Crippen molar-refractivity contribution in [1.29, 1.82) is 0 Å². The summed E-state index contributed by atoms with van der Waals surface area (Å²) in [6, 6.07) is 6.58. The highest BCUT2D eigenvalue weighted by Crippen LogP contribution is 2.24. The van der Waals surface area contributed by atoms with Crippen LogP contribution in [0.25, 0.3) is 0 Å². The van der Waals surface area contributed by atoms with Crippen molar-refractivity contribution in [3.8, 4) is 0 Å². The fourth-order valence-corrected chi connectivity index (χ4v) is 2.93. The van der Waals surface area contributed by atoms with Gasteiger partial charge < -0.3 is 15.4 Å². The Morgan fingerprint density at radius 2 is 2.08 bits per heavy atom. The molecule has 1 atom stereocenters. The summed E-state index contributed by atoms with van der Waals surface area (Å²) >= 11 is 11.9. The molecular formula is C16H16Cl2N4O2. The maximum Gasteiger partial charge on any atom is 0.270 e. The van der Waals surface area contributed by atoms with Gasteiger partial charge in [0.05, 0.1) is 6.10 Å². The second kappa shape index (κ2) is 7.79. The Bertz CT molecular complexity index is 716. The first-order chi connectivity index (χ1) is 11.6. The summed E-state index contributed by atoms with van der Waals surface area (Å²) in [5.41, 5.74) is 0.919. The van der Waals surface area contributed by atoms with Crippen molar-refractivity contribution >= 4 is 40.7 Å². The van der Waals surface area contributed by atoms with Crippen LogP contribution in [0, 0.1) is 0 Å². The van der Waals surface area contributed by atoms with Gasteiger partial charge in [-0.1, -0.05) is 23.2 Å². The molecular weight excluding hydrogens is 351 g/mol. The molecule has 2 heterocycles. The Balaban J connectivity index is 1.65. The fourth-order valence-electron chi connectivity index (χ4n) is 2.40. The van der Waals surface area contributed by atoms with Gasteiger partial charge in [0, 0.05) is 35.1 Å². The number of amides is 1. The van der Waals surface area contributed by atoms with E-state index in [9.17, 15) is 4.79 Å². The maximum absolute atomic E-state index is 12.2. The standard InChI is InChI=1S/C16H16Cl2N4O2/c17-10-6-11(18)8-12(7-10)21-16-19-4-3-14(22-16)15(23)20-9-13-2-1-5-24-13/h3-4,6-8,13H,1-2,5,9H2,(H,20,23)(H,19,21,22). The molecule has 0 aliphatic carbocycles. The van der Waals surface area contributed by atoms with Crippen molar-refractivity contribution in [3.05, 3.63) is 46.2 Å². The highest BCUT2D eigenvalue weighted by atomic mass is 35.5. The lowest BCUT2D eigenvalue weighted by Crippen LogP contribution is -2.32. The lowest BCUT2D eigenvalue weighted by molar-refractivity contribution is 0.0853. The quantitative estimate of drug-likeness (QED) is 0.847. The predicted molar refractivity (Wildman–Crippen MR) is 93.1 cm³/mol. The van der Waals surface area contributed by atoms with E-state index >= 15 is 0 Å². The van der Waals surface area contributed by atoms with Crippen molar-refractivity contribution in [2.75, 3.05) is 18.5 Å². The Hall–Kier alpha value is -1.89. The number of aromatic nitrogens is 2. The topological polar surface area (TPSA) is 76.1 Å². The molecule has 1 unspecified atom stereocenters. The van der Waals surface area contributed by atoms with E-state index in [1.54, 1.807) is 24.3 Å². The zero-order valence-corrected chi connectivity index (χ0v) is 14.3. The third-order valence-electron chi connectivity index (χ3n) is 3.52. The monoisotopic (exact) mass is 366 g/mol. The maximum atomic E-state index is 12.2. The normalized spacial score (nSPS) is 16.8. The van der Waals surface area contributed by atoms with Crippen molar-refractivity contribution in [2.45, 2.75) is 18.9 Å².